The summed E-state index contributed by atoms with van der Waals surface area (Å²) in [6.07, 6.45) is 6.49. The lowest BCUT2D eigenvalue weighted by atomic mass is 10.4. The summed E-state index contributed by atoms with van der Waals surface area (Å²) in [5.74, 6) is 0.540. The summed E-state index contributed by atoms with van der Waals surface area (Å²) in [6.45, 7) is 0.481. The van der Waals surface area contributed by atoms with Crippen molar-refractivity contribution in [3.63, 3.8) is 0 Å². The lowest BCUT2D eigenvalue weighted by Gasteiger charge is -2.17. The molecule has 0 spiro atoms. The van der Waals surface area contributed by atoms with Crippen LogP contribution in [0.1, 0.15) is 0 Å². The topological polar surface area (TPSA) is 57.6 Å². The Bertz CT molecular complexity index is 399. The van der Waals surface area contributed by atoms with Crippen molar-refractivity contribution in [2.75, 3.05) is 11.9 Å². The van der Waals surface area contributed by atoms with Crippen LogP contribution in [0, 0.1) is 0 Å². The SMILES string of the molecule is O=C(Nc1ccccn1)N1C=CN=CC1. The minimum atomic E-state index is -0.212. The predicted molar refractivity (Wildman–Crippen MR) is 57.6 cm³/mol. The van der Waals surface area contributed by atoms with E-state index in [1.165, 1.54) is 4.90 Å². The van der Waals surface area contributed by atoms with Crippen LogP contribution in [0.2, 0.25) is 0 Å². The van der Waals surface area contributed by atoms with E-state index in [2.05, 4.69) is 15.3 Å². The van der Waals surface area contributed by atoms with Crippen molar-refractivity contribution in [1.82, 2.24) is 9.88 Å². The third kappa shape index (κ3) is 2.40. The molecule has 0 bridgehead atoms. The van der Waals surface area contributed by atoms with Gasteiger partial charge >= 0.3 is 6.03 Å². The van der Waals surface area contributed by atoms with E-state index >= 15 is 0 Å². The maximum absolute atomic E-state index is 11.6. The van der Waals surface area contributed by atoms with Crippen LogP contribution in [-0.2, 0) is 0 Å². The highest BCUT2D eigenvalue weighted by Crippen LogP contribution is 2.03. The number of carbonyl (C=O) groups is 1. The van der Waals surface area contributed by atoms with Crippen molar-refractivity contribution in [2.24, 2.45) is 4.99 Å². The van der Waals surface area contributed by atoms with Crippen LogP contribution < -0.4 is 5.32 Å². The van der Waals surface area contributed by atoms with Crippen molar-refractivity contribution in [3.05, 3.63) is 36.8 Å². The van der Waals surface area contributed by atoms with E-state index in [9.17, 15) is 4.79 Å². The lowest BCUT2D eigenvalue weighted by molar-refractivity contribution is 0.232. The first-order chi connectivity index (χ1) is 7.36. The summed E-state index contributed by atoms with van der Waals surface area (Å²) < 4.78 is 0. The van der Waals surface area contributed by atoms with Crippen LogP contribution >= 0.6 is 0 Å². The normalized spacial score (nSPS) is 14.0. The maximum atomic E-state index is 11.6. The van der Waals surface area contributed by atoms with E-state index < -0.39 is 0 Å². The van der Waals surface area contributed by atoms with Gasteiger partial charge in [0.25, 0.3) is 0 Å². The summed E-state index contributed by atoms with van der Waals surface area (Å²) >= 11 is 0. The molecule has 1 aromatic heterocycles. The molecule has 1 aromatic rings. The number of nitrogens with one attached hydrogen (secondary N) is 1. The Balaban J connectivity index is 1.98. The van der Waals surface area contributed by atoms with Crippen LogP contribution in [0.25, 0.3) is 0 Å². The van der Waals surface area contributed by atoms with Crippen LogP contribution in [0.4, 0.5) is 10.6 Å². The van der Waals surface area contributed by atoms with E-state index in [4.69, 9.17) is 0 Å². The number of nitrogens with zero attached hydrogens (tertiary/aromatic N) is 3. The zero-order valence-corrected chi connectivity index (χ0v) is 8.00. The number of pyridine rings is 1. The first-order valence-electron chi connectivity index (χ1n) is 4.53. The highest BCUT2D eigenvalue weighted by Gasteiger charge is 2.11. The molecule has 2 amide bonds. The number of urea groups is 1. The van der Waals surface area contributed by atoms with E-state index in [0.29, 0.717) is 12.4 Å². The minimum absolute atomic E-state index is 0.212. The number of rotatable bonds is 1. The Hall–Kier alpha value is -2.17. The van der Waals surface area contributed by atoms with Gasteiger partial charge in [-0.25, -0.2) is 9.78 Å². The van der Waals surface area contributed by atoms with Crippen LogP contribution in [0.3, 0.4) is 0 Å². The molecule has 15 heavy (non-hydrogen) atoms. The Kier molecular flexibility index (Phi) is 2.73. The Labute approximate surface area is 87.1 Å². The van der Waals surface area contributed by atoms with Gasteiger partial charge in [-0.3, -0.25) is 15.2 Å². The second-order valence-corrected chi connectivity index (χ2v) is 2.93. The van der Waals surface area contributed by atoms with Crippen molar-refractivity contribution in [1.29, 1.82) is 0 Å². The Morgan fingerprint density at radius 2 is 2.40 bits per heavy atom. The number of amides is 2. The van der Waals surface area contributed by atoms with Gasteiger partial charge in [-0.2, -0.15) is 0 Å². The molecule has 0 fully saturated rings. The highest BCUT2D eigenvalue weighted by molar-refractivity contribution is 5.90. The molecule has 0 saturated carbocycles. The van der Waals surface area contributed by atoms with E-state index in [1.54, 1.807) is 36.9 Å². The van der Waals surface area contributed by atoms with E-state index in [0.717, 1.165) is 0 Å². The van der Waals surface area contributed by atoms with Gasteiger partial charge in [0.15, 0.2) is 0 Å². The third-order valence-corrected chi connectivity index (χ3v) is 1.88. The Morgan fingerprint density at radius 1 is 1.47 bits per heavy atom. The van der Waals surface area contributed by atoms with Gasteiger partial charge in [-0.1, -0.05) is 6.07 Å². The van der Waals surface area contributed by atoms with E-state index in [1.807, 2.05) is 6.07 Å². The summed E-state index contributed by atoms with van der Waals surface area (Å²) in [7, 11) is 0. The molecule has 0 aliphatic carbocycles. The predicted octanol–water partition coefficient (Wildman–Crippen LogP) is 1.47. The highest BCUT2D eigenvalue weighted by atomic mass is 16.2. The summed E-state index contributed by atoms with van der Waals surface area (Å²) in [4.78, 5) is 21.0. The van der Waals surface area contributed by atoms with Crippen molar-refractivity contribution >= 4 is 18.1 Å². The first-order valence-corrected chi connectivity index (χ1v) is 4.53. The van der Waals surface area contributed by atoms with Gasteiger partial charge in [-0.15, -0.1) is 0 Å². The minimum Gasteiger partial charge on any atom is -0.294 e. The van der Waals surface area contributed by atoms with E-state index in [-0.39, 0.29) is 6.03 Å². The van der Waals surface area contributed by atoms with Gasteiger partial charge in [0.2, 0.25) is 0 Å². The summed E-state index contributed by atoms with van der Waals surface area (Å²) in [5, 5.41) is 2.67. The fourth-order valence-corrected chi connectivity index (χ4v) is 1.14. The molecular formula is C10H10N4O. The van der Waals surface area contributed by atoms with Gasteiger partial charge in [0.05, 0.1) is 6.54 Å². The van der Waals surface area contributed by atoms with Crippen LogP contribution in [0.5, 0.6) is 0 Å². The molecular weight excluding hydrogens is 192 g/mol. The van der Waals surface area contributed by atoms with Crippen LogP contribution in [-0.4, -0.2) is 28.7 Å². The van der Waals surface area contributed by atoms with Gasteiger partial charge < -0.3 is 0 Å². The number of aliphatic imine (C=N–C) groups is 1. The average molecular weight is 202 g/mol. The molecule has 5 nitrogen and oxygen atoms in total. The zero-order chi connectivity index (χ0) is 10.5. The molecule has 1 aliphatic rings. The Morgan fingerprint density at radius 3 is 3.07 bits per heavy atom. The van der Waals surface area contributed by atoms with Gasteiger partial charge in [-0.05, 0) is 12.1 Å². The molecule has 0 aromatic carbocycles. The molecule has 1 aliphatic heterocycles. The molecule has 0 saturated heterocycles. The lowest BCUT2D eigenvalue weighted by Crippen LogP contribution is -2.33. The molecule has 0 unspecified atom stereocenters. The number of hydrogen-bond acceptors (Lipinski definition) is 3. The quantitative estimate of drug-likeness (QED) is 0.749. The monoisotopic (exact) mass is 202 g/mol. The van der Waals surface area contributed by atoms with Gasteiger partial charge in [0, 0.05) is 24.8 Å². The largest absolute Gasteiger partial charge is 0.327 e. The van der Waals surface area contributed by atoms with Crippen molar-refractivity contribution in [2.45, 2.75) is 0 Å². The number of anilines is 1. The standard InChI is InChI=1S/C10H10N4O/c15-10(14-7-5-11-6-8-14)13-9-3-1-2-4-12-9/h1-7H,8H2,(H,12,13,15). The molecule has 0 radical (unpaired) electrons. The van der Waals surface area contributed by atoms with Gasteiger partial charge in [0.1, 0.15) is 5.82 Å². The fourth-order valence-electron chi connectivity index (χ4n) is 1.14. The maximum Gasteiger partial charge on any atom is 0.327 e. The smallest absolute Gasteiger partial charge is 0.294 e. The fraction of sp³-hybridized carbons (Fsp3) is 0.100. The summed E-state index contributed by atoms with van der Waals surface area (Å²) in [6, 6.07) is 5.13. The second kappa shape index (κ2) is 4.36. The third-order valence-electron chi connectivity index (χ3n) is 1.88. The zero-order valence-electron chi connectivity index (χ0n) is 8.00. The van der Waals surface area contributed by atoms with Crippen molar-refractivity contribution in [3.8, 4) is 0 Å². The van der Waals surface area contributed by atoms with Crippen LogP contribution in [0.15, 0.2) is 41.8 Å². The first kappa shape index (κ1) is 9.39. The molecule has 2 heterocycles. The second-order valence-electron chi connectivity index (χ2n) is 2.93. The molecule has 0 atom stereocenters. The number of hydrogen-bond donors (Lipinski definition) is 1. The summed E-state index contributed by atoms with van der Waals surface area (Å²) in [5.41, 5.74) is 0. The molecule has 76 valence electrons. The molecule has 1 N–H and O–H groups in total. The van der Waals surface area contributed by atoms with Crippen molar-refractivity contribution < 1.29 is 4.79 Å². The number of carbonyl (C=O) groups excluding carboxylic acids is 1. The number of aromatic nitrogens is 1. The average Bonchev–Trinajstić information content (AvgIpc) is 2.31. The molecule has 2 rings (SSSR count). The molecule has 5 heteroatoms.